The van der Waals surface area contributed by atoms with Gasteiger partial charge in [-0.25, -0.2) is 0 Å². The smallest absolute Gasteiger partial charge is 0.231 e. The summed E-state index contributed by atoms with van der Waals surface area (Å²) < 4.78 is 11.1. The molecule has 0 aliphatic heterocycles. The molecule has 1 aliphatic carbocycles. The van der Waals surface area contributed by atoms with Crippen LogP contribution in [0.15, 0.2) is 39.5 Å². The fourth-order valence-electron chi connectivity index (χ4n) is 3.25. The molecule has 3 aromatic rings. The Morgan fingerprint density at radius 1 is 1.24 bits per heavy atom. The third-order valence-corrected chi connectivity index (χ3v) is 4.37. The highest BCUT2D eigenvalue weighted by atomic mass is 16.5. The molecule has 2 aromatic heterocycles. The normalized spacial score (nSPS) is 22.1. The number of aromatic nitrogens is 2. The second-order valence-corrected chi connectivity index (χ2v) is 5.53. The summed E-state index contributed by atoms with van der Waals surface area (Å²) in [5.41, 5.74) is 1.73. The van der Waals surface area contributed by atoms with E-state index in [9.17, 15) is 0 Å². The number of nitrogens with one attached hydrogen (secondary N) is 1. The van der Waals surface area contributed by atoms with Gasteiger partial charge in [-0.3, -0.25) is 0 Å². The van der Waals surface area contributed by atoms with Crippen molar-refractivity contribution in [2.75, 3.05) is 7.05 Å². The van der Waals surface area contributed by atoms with E-state index in [4.69, 9.17) is 8.94 Å². The van der Waals surface area contributed by atoms with Crippen molar-refractivity contribution in [3.05, 3.63) is 36.4 Å². The molecule has 5 heteroatoms. The van der Waals surface area contributed by atoms with E-state index >= 15 is 0 Å². The van der Waals surface area contributed by atoms with Crippen molar-refractivity contribution in [2.24, 2.45) is 0 Å². The predicted molar refractivity (Wildman–Crippen MR) is 78.9 cm³/mol. The maximum absolute atomic E-state index is 5.55. The molecule has 2 atom stereocenters. The van der Waals surface area contributed by atoms with Crippen molar-refractivity contribution in [2.45, 2.75) is 31.2 Å². The van der Waals surface area contributed by atoms with Crippen LogP contribution in [0.3, 0.4) is 0 Å². The van der Waals surface area contributed by atoms with Gasteiger partial charge in [0.1, 0.15) is 11.8 Å². The molecule has 2 heterocycles. The van der Waals surface area contributed by atoms with Crippen LogP contribution in [0.25, 0.3) is 22.4 Å². The highest BCUT2D eigenvalue weighted by molar-refractivity contribution is 5.91. The SMILES string of the molecule is CNC1CCCC1c1nc(-c2coc3ccccc23)no1. The molecule has 2 unspecified atom stereocenters. The number of benzene rings is 1. The first-order chi connectivity index (χ1) is 10.4. The Labute approximate surface area is 122 Å². The van der Waals surface area contributed by atoms with Crippen molar-refractivity contribution in [1.82, 2.24) is 15.5 Å². The van der Waals surface area contributed by atoms with Gasteiger partial charge in [-0.15, -0.1) is 0 Å². The van der Waals surface area contributed by atoms with Crippen molar-refractivity contribution in [3.8, 4) is 11.4 Å². The minimum atomic E-state index is 0.314. The summed E-state index contributed by atoms with van der Waals surface area (Å²) in [5.74, 6) is 1.65. The maximum atomic E-state index is 5.55. The van der Waals surface area contributed by atoms with Crippen LogP contribution in [-0.4, -0.2) is 23.2 Å². The van der Waals surface area contributed by atoms with E-state index in [-0.39, 0.29) is 0 Å². The fraction of sp³-hybridized carbons (Fsp3) is 0.375. The van der Waals surface area contributed by atoms with Crippen molar-refractivity contribution in [1.29, 1.82) is 0 Å². The maximum Gasteiger partial charge on any atom is 0.231 e. The lowest BCUT2D eigenvalue weighted by atomic mass is 10.0. The number of likely N-dealkylation sites (N-methyl/N-ethyl adjacent to an activating group) is 1. The molecule has 108 valence electrons. The fourth-order valence-corrected chi connectivity index (χ4v) is 3.25. The van der Waals surface area contributed by atoms with E-state index in [0.717, 1.165) is 35.3 Å². The van der Waals surface area contributed by atoms with Crippen LogP contribution < -0.4 is 5.32 Å². The first-order valence-corrected chi connectivity index (χ1v) is 7.34. The van der Waals surface area contributed by atoms with Crippen LogP contribution in [0.5, 0.6) is 0 Å². The lowest BCUT2D eigenvalue weighted by molar-refractivity contribution is 0.335. The van der Waals surface area contributed by atoms with Gasteiger partial charge >= 0.3 is 0 Å². The van der Waals surface area contributed by atoms with Gasteiger partial charge in [0, 0.05) is 11.4 Å². The van der Waals surface area contributed by atoms with Gasteiger partial charge in [-0.1, -0.05) is 29.8 Å². The van der Waals surface area contributed by atoms with Gasteiger partial charge in [-0.05, 0) is 26.0 Å². The summed E-state index contributed by atoms with van der Waals surface area (Å²) in [7, 11) is 1.99. The molecule has 1 aromatic carbocycles. The van der Waals surface area contributed by atoms with Crippen LogP contribution in [0.2, 0.25) is 0 Å². The monoisotopic (exact) mass is 283 g/mol. The first-order valence-electron chi connectivity index (χ1n) is 7.34. The molecule has 0 saturated heterocycles. The zero-order valence-corrected chi connectivity index (χ0v) is 11.9. The molecule has 0 spiro atoms. The first kappa shape index (κ1) is 12.6. The van der Waals surface area contributed by atoms with Crippen LogP contribution in [0.1, 0.15) is 31.1 Å². The molecule has 0 bridgehead atoms. The Morgan fingerprint density at radius 2 is 2.14 bits per heavy atom. The third-order valence-electron chi connectivity index (χ3n) is 4.37. The average Bonchev–Trinajstić information content (AvgIpc) is 3.24. The second kappa shape index (κ2) is 5.00. The molecular formula is C16H17N3O2. The molecule has 0 amide bonds. The van der Waals surface area contributed by atoms with Gasteiger partial charge in [0.25, 0.3) is 0 Å². The molecular weight excluding hydrogens is 266 g/mol. The topological polar surface area (TPSA) is 64.1 Å². The number of furan rings is 1. The van der Waals surface area contributed by atoms with Gasteiger partial charge in [-0.2, -0.15) is 4.98 Å². The van der Waals surface area contributed by atoms with Gasteiger partial charge < -0.3 is 14.3 Å². The summed E-state index contributed by atoms with van der Waals surface area (Å²) in [6, 6.07) is 8.31. The molecule has 1 aliphatic rings. The summed E-state index contributed by atoms with van der Waals surface area (Å²) in [6.45, 7) is 0. The van der Waals surface area contributed by atoms with Crippen LogP contribution in [-0.2, 0) is 0 Å². The number of fused-ring (bicyclic) bond motifs is 1. The van der Waals surface area contributed by atoms with E-state index in [1.807, 2.05) is 31.3 Å². The highest BCUT2D eigenvalue weighted by Gasteiger charge is 2.32. The largest absolute Gasteiger partial charge is 0.464 e. The Hall–Kier alpha value is -2.14. The Kier molecular flexibility index (Phi) is 3.00. The number of hydrogen-bond donors (Lipinski definition) is 1. The van der Waals surface area contributed by atoms with Gasteiger partial charge in [0.15, 0.2) is 0 Å². The van der Waals surface area contributed by atoms with Crippen molar-refractivity contribution >= 4 is 11.0 Å². The molecule has 5 nitrogen and oxygen atoms in total. The number of para-hydroxylation sites is 1. The molecule has 1 saturated carbocycles. The van der Waals surface area contributed by atoms with E-state index < -0.39 is 0 Å². The summed E-state index contributed by atoms with van der Waals surface area (Å²) in [6.07, 6.45) is 5.15. The van der Waals surface area contributed by atoms with Crippen molar-refractivity contribution < 1.29 is 8.94 Å². The molecule has 0 radical (unpaired) electrons. The number of nitrogens with zero attached hydrogens (tertiary/aromatic N) is 2. The van der Waals surface area contributed by atoms with E-state index in [0.29, 0.717) is 17.8 Å². The third kappa shape index (κ3) is 2.05. The minimum Gasteiger partial charge on any atom is -0.464 e. The summed E-state index contributed by atoms with van der Waals surface area (Å²) in [5, 5.41) is 8.50. The van der Waals surface area contributed by atoms with E-state index in [1.165, 1.54) is 6.42 Å². The van der Waals surface area contributed by atoms with Crippen molar-refractivity contribution in [3.63, 3.8) is 0 Å². The Morgan fingerprint density at radius 3 is 3.05 bits per heavy atom. The van der Waals surface area contributed by atoms with Crippen LogP contribution in [0.4, 0.5) is 0 Å². The standard InChI is InChI=1S/C16H17N3O2/c1-17-13-7-4-6-11(13)16-18-15(19-21-16)12-9-20-14-8-3-2-5-10(12)14/h2-3,5,8-9,11,13,17H,4,6-7H2,1H3. The van der Waals surface area contributed by atoms with E-state index in [2.05, 4.69) is 15.5 Å². The molecule has 1 N–H and O–H groups in total. The summed E-state index contributed by atoms with van der Waals surface area (Å²) >= 11 is 0. The zero-order chi connectivity index (χ0) is 14.2. The molecule has 4 rings (SSSR count). The number of rotatable bonds is 3. The highest BCUT2D eigenvalue weighted by Crippen LogP contribution is 2.35. The molecule has 21 heavy (non-hydrogen) atoms. The van der Waals surface area contributed by atoms with Gasteiger partial charge in [0.2, 0.25) is 11.7 Å². The number of hydrogen-bond acceptors (Lipinski definition) is 5. The lowest BCUT2D eigenvalue weighted by Crippen LogP contribution is -2.27. The molecule has 1 fully saturated rings. The van der Waals surface area contributed by atoms with Gasteiger partial charge in [0.05, 0.1) is 11.5 Å². The second-order valence-electron chi connectivity index (χ2n) is 5.53. The lowest BCUT2D eigenvalue weighted by Gasteiger charge is -2.14. The quantitative estimate of drug-likeness (QED) is 0.798. The summed E-state index contributed by atoms with van der Waals surface area (Å²) in [4.78, 5) is 4.61. The average molecular weight is 283 g/mol. The minimum absolute atomic E-state index is 0.314. The van der Waals surface area contributed by atoms with Crippen LogP contribution >= 0.6 is 0 Å². The Bertz CT molecular complexity index is 762. The van der Waals surface area contributed by atoms with Crippen LogP contribution in [0, 0.1) is 0 Å². The Balaban J connectivity index is 1.71. The zero-order valence-electron chi connectivity index (χ0n) is 11.9. The predicted octanol–water partition coefficient (Wildman–Crippen LogP) is 3.34. The van der Waals surface area contributed by atoms with E-state index in [1.54, 1.807) is 6.26 Å².